The lowest BCUT2D eigenvalue weighted by atomic mass is 10.1. The van der Waals surface area contributed by atoms with E-state index in [0.29, 0.717) is 11.3 Å². The number of nitrogen functional groups attached to an aromatic ring is 1. The molecule has 1 aromatic rings. The highest BCUT2D eigenvalue weighted by molar-refractivity contribution is 5.94. The third kappa shape index (κ3) is 6.24. The van der Waals surface area contributed by atoms with Gasteiger partial charge in [0.05, 0.1) is 0 Å². The van der Waals surface area contributed by atoms with E-state index in [9.17, 15) is 14.4 Å². The Morgan fingerprint density at radius 3 is 2.57 bits per heavy atom. The monoisotopic (exact) mass is 292 g/mol. The van der Waals surface area contributed by atoms with Gasteiger partial charge in [0.1, 0.15) is 6.04 Å². The molecule has 1 aromatic carbocycles. The van der Waals surface area contributed by atoms with Crippen molar-refractivity contribution in [2.24, 2.45) is 0 Å². The zero-order valence-electron chi connectivity index (χ0n) is 11.2. The first kappa shape index (κ1) is 16.2. The molecule has 21 heavy (non-hydrogen) atoms. The van der Waals surface area contributed by atoms with Gasteiger partial charge in [0.25, 0.3) is 0 Å². The predicted molar refractivity (Wildman–Crippen MR) is 76.3 cm³/mol. The summed E-state index contributed by atoms with van der Waals surface area (Å²) in [7, 11) is 0. The number of benzene rings is 1. The van der Waals surface area contributed by atoms with Crippen molar-refractivity contribution in [2.45, 2.75) is 18.9 Å². The first-order chi connectivity index (χ1) is 9.88. The largest absolute Gasteiger partial charge is 0.481 e. The van der Waals surface area contributed by atoms with Crippen LogP contribution in [0, 0.1) is 0 Å². The smallest absolute Gasteiger partial charge is 0.326 e. The predicted octanol–water partition coefficient (Wildman–Crippen LogP) is 0.716. The molecule has 7 nitrogen and oxygen atoms in total. The Morgan fingerprint density at radius 2 is 2.00 bits per heavy atom. The molecular weight excluding hydrogens is 276 g/mol. The maximum Gasteiger partial charge on any atom is 0.326 e. The van der Waals surface area contributed by atoms with Crippen molar-refractivity contribution in [3.05, 3.63) is 35.9 Å². The molecule has 0 radical (unpaired) electrons. The van der Waals surface area contributed by atoms with Crippen LogP contribution in [0.2, 0.25) is 0 Å². The van der Waals surface area contributed by atoms with Crippen molar-refractivity contribution in [3.8, 4) is 0 Å². The highest BCUT2D eigenvalue weighted by Gasteiger charge is 2.19. The number of nitrogens with two attached hydrogens (primary N) is 1. The van der Waals surface area contributed by atoms with Gasteiger partial charge in [0.2, 0.25) is 5.91 Å². The average molecular weight is 292 g/mol. The Morgan fingerprint density at radius 1 is 1.29 bits per heavy atom. The molecule has 112 valence electrons. The molecule has 0 heterocycles. The molecule has 0 aliphatic heterocycles. The minimum Gasteiger partial charge on any atom is -0.481 e. The maximum absolute atomic E-state index is 11.6. The van der Waals surface area contributed by atoms with Crippen molar-refractivity contribution in [1.82, 2.24) is 5.32 Å². The zero-order chi connectivity index (χ0) is 15.8. The second kappa shape index (κ2) is 7.68. The van der Waals surface area contributed by atoms with Crippen LogP contribution in [-0.2, 0) is 14.4 Å². The molecule has 0 aliphatic rings. The summed E-state index contributed by atoms with van der Waals surface area (Å²) in [5.74, 6) is -3.01. The number of carboxylic acid groups (broad SMARTS) is 2. The quantitative estimate of drug-likeness (QED) is 0.432. The Labute approximate surface area is 121 Å². The van der Waals surface area contributed by atoms with E-state index in [4.69, 9.17) is 15.9 Å². The maximum atomic E-state index is 11.6. The number of carboxylic acids is 2. The second-order valence-electron chi connectivity index (χ2n) is 4.34. The zero-order valence-corrected chi connectivity index (χ0v) is 11.2. The fraction of sp³-hybridized carbons (Fsp3) is 0.214. The number of anilines is 1. The summed E-state index contributed by atoms with van der Waals surface area (Å²) in [6.45, 7) is 0. The number of aliphatic carboxylic acids is 2. The van der Waals surface area contributed by atoms with Crippen LogP contribution >= 0.6 is 0 Å². The molecule has 0 unspecified atom stereocenters. The van der Waals surface area contributed by atoms with Crippen LogP contribution in [0.4, 0.5) is 5.69 Å². The summed E-state index contributed by atoms with van der Waals surface area (Å²) in [5.41, 5.74) is 6.83. The second-order valence-corrected chi connectivity index (χ2v) is 4.34. The summed E-state index contributed by atoms with van der Waals surface area (Å²) in [6, 6.07) is 5.57. The van der Waals surface area contributed by atoms with E-state index >= 15 is 0 Å². The first-order valence-corrected chi connectivity index (χ1v) is 6.17. The molecule has 0 saturated heterocycles. The molecule has 0 bridgehead atoms. The van der Waals surface area contributed by atoms with Gasteiger partial charge in [-0.3, -0.25) is 9.59 Å². The molecule has 1 atom stereocenters. The number of nitrogens with one attached hydrogen (secondary N) is 1. The van der Waals surface area contributed by atoms with E-state index in [-0.39, 0.29) is 12.8 Å². The normalized spacial score (nSPS) is 12.0. The van der Waals surface area contributed by atoms with Crippen molar-refractivity contribution in [3.63, 3.8) is 0 Å². The van der Waals surface area contributed by atoms with E-state index in [2.05, 4.69) is 5.32 Å². The lowest BCUT2D eigenvalue weighted by Gasteiger charge is -2.11. The summed E-state index contributed by atoms with van der Waals surface area (Å²) in [6.07, 6.45) is 2.14. The molecular formula is C14H16N2O5. The van der Waals surface area contributed by atoms with Crippen LogP contribution in [0.1, 0.15) is 18.4 Å². The number of rotatable bonds is 7. The van der Waals surface area contributed by atoms with Crippen LogP contribution < -0.4 is 11.1 Å². The molecule has 1 amide bonds. The summed E-state index contributed by atoms with van der Waals surface area (Å²) < 4.78 is 0. The minimum atomic E-state index is -1.28. The SMILES string of the molecule is Nc1cccc(/C=C/C(=O)N[C@@H](CCC(=O)O)C(=O)O)c1. The number of amides is 1. The fourth-order valence-corrected chi connectivity index (χ4v) is 1.58. The molecule has 1 rings (SSSR count). The van der Waals surface area contributed by atoms with Gasteiger partial charge in [-0.2, -0.15) is 0 Å². The minimum absolute atomic E-state index is 0.178. The first-order valence-electron chi connectivity index (χ1n) is 6.17. The molecule has 0 saturated carbocycles. The van der Waals surface area contributed by atoms with Gasteiger partial charge in [-0.25, -0.2) is 4.79 Å². The molecule has 0 spiro atoms. The van der Waals surface area contributed by atoms with Gasteiger partial charge < -0.3 is 21.3 Å². The molecule has 0 fully saturated rings. The lowest BCUT2D eigenvalue weighted by Crippen LogP contribution is -2.40. The lowest BCUT2D eigenvalue weighted by molar-refractivity contribution is -0.142. The van der Waals surface area contributed by atoms with Crippen molar-refractivity contribution < 1.29 is 24.6 Å². The van der Waals surface area contributed by atoms with Gasteiger partial charge in [-0.1, -0.05) is 12.1 Å². The van der Waals surface area contributed by atoms with Crippen molar-refractivity contribution >= 4 is 29.6 Å². The van der Waals surface area contributed by atoms with Gasteiger partial charge >= 0.3 is 11.9 Å². The molecule has 5 N–H and O–H groups in total. The Kier molecular flexibility index (Phi) is 5.94. The van der Waals surface area contributed by atoms with E-state index in [0.717, 1.165) is 0 Å². The molecule has 0 aromatic heterocycles. The topological polar surface area (TPSA) is 130 Å². The number of hydrogen-bond acceptors (Lipinski definition) is 4. The van der Waals surface area contributed by atoms with E-state index in [1.54, 1.807) is 24.3 Å². The fourth-order valence-electron chi connectivity index (χ4n) is 1.58. The van der Waals surface area contributed by atoms with Crippen molar-refractivity contribution in [1.29, 1.82) is 0 Å². The van der Waals surface area contributed by atoms with Crippen LogP contribution in [0.3, 0.4) is 0 Å². The number of carbonyl (C=O) groups excluding carboxylic acids is 1. The van der Waals surface area contributed by atoms with E-state index in [1.807, 2.05) is 0 Å². The third-order valence-corrected chi connectivity index (χ3v) is 2.60. The van der Waals surface area contributed by atoms with Crippen LogP contribution in [-0.4, -0.2) is 34.1 Å². The van der Waals surface area contributed by atoms with Gasteiger partial charge in [0.15, 0.2) is 0 Å². The number of hydrogen-bond donors (Lipinski definition) is 4. The Bertz CT molecular complexity index is 568. The van der Waals surface area contributed by atoms with Gasteiger partial charge in [-0.15, -0.1) is 0 Å². The van der Waals surface area contributed by atoms with E-state index in [1.165, 1.54) is 12.2 Å². The number of carbonyl (C=O) groups is 3. The van der Waals surface area contributed by atoms with Gasteiger partial charge in [0, 0.05) is 18.2 Å². The van der Waals surface area contributed by atoms with Gasteiger partial charge in [-0.05, 0) is 30.2 Å². The van der Waals surface area contributed by atoms with Crippen LogP contribution in [0.15, 0.2) is 30.3 Å². The molecule has 0 aliphatic carbocycles. The highest BCUT2D eigenvalue weighted by Crippen LogP contribution is 2.08. The summed E-state index contributed by atoms with van der Waals surface area (Å²) >= 11 is 0. The van der Waals surface area contributed by atoms with E-state index < -0.39 is 23.9 Å². The van der Waals surface area contributed by atoms with Crippen LogP contribution in [0.25, 0.3) is 6.08 Å². The average Bonchev–Trinajstić information content (AvgIpc) is 2.40. The van der Waals surface area contributed by atoms with Crippen molar-refractivity contribution in [2.75, 3.05) is 5.73 Å². The standard InChI is InChI=1S/C14H16N2O5/c15-10-3-1-2-9(8-10)4-6-12(17)16-11(14(20)21)5-7-13(18)19/h1-4,6,8,11H,5,7,15H2,(H,16,17)(H,18,19)(H,20,21)/b6-4+/t11-/m0/s1. The molecule has 7 heteroatoms. The Hall–Kier alpha value is -2.83. The Balaban J connectivity index is 2.61. The summed E-state index contributed by atoms with van der Waals surface area (Å²) in [4.78, 5) is 33.0. The summed E-state index contributed by atoms with van der Waals surface area (Å²) in [5, 5.41) is 19.7. The highest BCUT2D eigenvalue weighted by atomic mass is 16.4. The van der Waals surface area contributed by atoms with Crippen LogP contribution in [0.5, 0.6) is 0 Å². The third-order valence-electron chi connectivity index (χ3n) is 2.60.